The number of benzene rings is 2. The molecule has 1 aliphatic heterocycles. The number of hydrogen-bond donors (Lipinski definition) is 2. The Morgan fingerprint density at radius 1 is 1.21 bits per heavy atom. The smallest absolute Gasteiger partial charge is 0.191 e. The van der Waals surface area contributed by atoms with Crippen LogP contribution in [0.5, 0.6) is 5.75 Å². The number of aryl methyl sites for hydroxylation is 1. The molecule has 29 heavy (non-hydrogen) atoms. The number of hydrogen-bond acceptors (Lipinski definition) is 3. The van der Waals surface area contributed by atoms with Gasteiger partial charge in [0, 0.05) is 32.1 Å². The van der Waals surface area contributed by atoms with Crippen LogP contribution in [0.25, 0.3) is 11.0 Å². The molecule has 3 aromatic rings. The van der Waals surface area contributed by atoms with Gasteiger partial charge in [-0.05, 0) is 39.0 Å². The topological polar surface area (TPSA) is 63.5 Å². The maximum Gasteiger partial charge on any atom is 0.191 e. The first kappa shape index (κ1) is 19.3. The zero-order chi connectivity index (χ0) is 20.4. The van der Waals surface area contributed by atoms with Crippen molar-refractivity contribution in [2.75, 3.05) is 13.6 Å². The predicted octanol–water partition coefficient (Wildman–Crippen LogP) is 3.81. The van der Waals surface area contributed by atoms with Crippen LogP contribution in [-0.2, 0) is 6.54 Å². The van der Waals surface area contributed by atoms with Gasteiger partial charge in [-0.2, -0.15) is 0 Å². The highest BCUT2D eigenvalue weighted by atomic mass is 16.5. The first-order valence-corrected chi connectivity index (χ1v) is 10.1. The van der Waals surface area contributed by atoms with Crippen LogP contribution in [0.3, 0.4) is 0 Å². The minimum Gasteiger partial charge on any atom is -0.487 e. The molecule has 0 aliphatic carbocycles. The summed E-state index contributed by atoms with van der Waals surface area (Å²) in [5, 5.41) is 7.04. The second-order valence-electron chi connectivity index (χ2n) is 8.10. The van der Waals surface area contributed by atoms with Crippen molar-refractivity contribution in [1.82, 2.24) is 20.2 Å². The Bertz CT molecular complexity index is 1040. The molecular formula is C23H29N5O. The lowest BCUT2D eigenvalue weighted by Crippen LogP contribution is -2.45. The van der Waals surface area contributed by atoms with Crippen molar-refractivity contribution in [3.63, 3.8) is 0 Å². The van der Waals surface area contributed by atoms with Gasteiger partial charge in [-0.25, -0.2) is 4.98 Å². The molecule has 2 aromatic carbocycles. The van der Waals surface area contributed by atoms with Gasteiger partial charge in [0.2, 0.25) is 0 Å². The highest BCUT2D eigenvalue weighted by Crippen LogP contribution is 2.39. The highest BCUT2D eigenvalue weighted by molar-refractivity contribution is 5.80. The standard InChI is InChI=1S/C23H29N5O/c1-16-26-18-10-6-7-11-20(18)28(16)14-13-25-22(24-4)27-19-15-23(2,3)29-21-12-8-5-9-17(19)21/h5-12,19H,13-15H2,1-4H3,(H2,24,25,27). The van der Waals surface area contributed by atoms with E-state index >= 15 is 0 Å². The molecule has 1 aromatic heterocycles. The summed E-state index contributed by atoms with van der Waals surface area (Å²) in [7, 11) is 1.81. The van der Waals surface area contributed by atoms with E-state index in [0.717, 1.165) is 48.1 Å². The number of ether oxygens (including phenoxy) is 1. The third-order valence-electron chi connectivity index (χ3n) is 5.38. The highest BCUT2D eigenvalue weighted by Gasteiger charge is 2.33. The van der Waals surface area contributed by atoms with Crippen molar-refractivity contribution < 1.29 is 4.74 Å². The average Bonchev–Trinajstić information content (AvgIpc) is 3.01. The van der Waals surface area contributed by atoms with Crippen LogP contribution < -0.4 is 15.4 Å². The molecule has 1 aliphatic rings. The van der Waals surface area contributed by atoms with Gasteiger partial charge < -0.3 is 19.9 Å². The summed E-state index contributed by atoms with van der Waals surface area (Å²) in [6.45, 7) is 7.88. The van der Waals surface area contributed by atoms with E-state index in [1.807, 2.05) is 32.2 Å². The molecule has 0 bridgehead atoms. The summed E-state index contributed by atoms with van der Waals surface area (Å²) >= 11 is 0. The molecule has 0 saturated carbocycles. The molecule has 4 rings (SSSR count). The Kier molecular flexibility index (Phi) is 5.18. The largest absolute Gasteiger partial charge is 0.487 e. The average molecular weight is 392 g/mol. The van der Waals surface area contributed by atoms with Gasteiger partial charge in [-0.3, -0.25) is 4.99 Å². The van der Waals surface area contributed by atoms with Gasteiger partial charge in [-0.15, -0.1) is 0 Å². The Morgan fingerprint density at radius 2 is 1.97 bits per heavy atom. The summed E-state index contributed by atoms with van der Waals surface area (Å²) in [4.78, 5) is 9.08. The molecule has 2 heterocycles. The number of aliphatic imine (C=N–C) groups is 1. The lowest BCUT2D eigenvalue weighted by Gasteiger charge is -2.38. The zero-order valence-electron chi connectivity index (χ0n) is 17.6. The second kappa shape index (κ2) is 7.78. The van der Waals surface area contributed by atoms with E-state index in [4.69, 9.17) is 4.74 Å². The predicted molar refractivity (Wildman–Crippen MR) is 117 cm³/mol. The number of nitrogens with zero attached hydrogens (tertiary/aromatic N) is 3. The Balaban J connectivity index is 1.43. The minimum atomic E-state index is -0.224. The van der Waals surface area contributed by atoms with Gasteiger partial charge in [0.05, 0.1) is 17.1 Å². The lowest BCUT2D eigenvalue weighted by atomic mass is 9.90. The summed E-state index contributed by atoms with van der Waals surface area (Å²) in [5.74, 6) is 2.76. The molecule has 0 radical (unpaired) electrons. The number of rotatable bonds is 4. The molecule has 0 fully saturated rings. The van der Waals surface area contributed by atoms with Crippen molar-refractivity contribution in [2.45, 2.75) is 45.4 Å². The van der Waals surface area contributed by atoms with Gasteiger partial charge in [0.1, 0.15) is 17.2 Å². The number of fused-ring (bicyclic) bond motifs is 2. The van der Waals surface area contributed by atoms with Crippen LogP contribution in [0.4, 0.5) is 0 Å². The summed E-state index contributed by atoms with van der Waals surface area (Å²) < 4.78 is 8.38. The molecule has 6 nitrogen and oxygen atoms in total. The number of guanidine groups is 1. The van der Waals surface area contributed by atoms with E-state index in [0.29, 0.717) is 0 Å². The van der Waals surface area contributed by atoms with E-state index in [2.05, 4.69) is 69.4 Å². The summed E-state index contributed by atoms with van der Waals surface area (Å²) in [6, 6.07) is 16.6. The van der Waals surface area contributed by atoms with Crippen molar-refractivity contribution >= 4 is 17.0 Å². The second-order valence-corrected chi connectivity index (χ2v) is 8.10. The van der Waals surface area contributed by atoms with Crippen molar-refractivity contribution in [3.8, 4) is 5.75 Å². The molecule has 152 valence electrons. The normalized spacial score (nSPS) is 18.2. The van der Waals surface area contributed by atoms with E-state index in [9.17, 15) is 0 Å². The van der Waals surface area contributed by atoms with Crippen molar-refractivity contribution in [2.24, 2.45) is 4.99 Å². The van der Waals surface area contributed by atoms with E-state index in [-0.39, 0.29) is 11.6 Å². The fourth-order valence-electron chi connectivity index (χ4n) is 4.05. The summed E-state index contributed by atoms with van der Waals surface area (Å²) in [5.41, 5.74) is 3.15. The Labute approximate surface area is 172 Å². The molecule has 0 amide bonds. The SMILES string of the molecule is CN=C(NCCn1c(C)nc2ccccc21)NC1CC(C)(C)Oc2ccccc21. The molecular weight excluding hydrogens is 362 g/mol. The van der Waals surface area contributed by atoms with Crippen LogP contribution >= 0.6 is 0 Å². The van der Waals surface area contributed by atoms with Crippen LogP contribution in [0.2, 0.25) is 0 Å². The molecule has 2 N–H and O–H groups in total. The van der Waals surface area contributed by atoms with Crippen LogP contribution in [-0.4, -0.2) is 34.7 Å². The van der Waals surface area contributed by atoms with E-state index < -0.39 is 0 Å². The minimum absolute atomic E-state index is 0.150. The first-order valence-electron chi connectivity index (χ1n) is 10.1. The van der Waals surface area contributed by atoms with Gasteiger partial charge >= 0.3 is 0 Å². The fraction of sp³-hybridized carbons (Fsp3) is 0.391. The fourth-order valence-corrected chi connectivity index (χ4v) is 4.05. The van der Waals surface area contributed by atoms with Crippen LogP contribution in [0.1, 0.15) is 37.7 Å². The Morgan fingerprint density at radius 3 is 2.79 bits per heavy atom. The first-order chi connectivity index (χ1) is 14.0. The van der Waals surface area contributed by atoms with Crippen molar-refractivity contribution in [3.05, 3.63) is 59.9 Å². The molecule has 1 atom stereocenters. The zero-order valence-corrected chi connectivity index (χ0v) is 17.6. The maximum absolute atomic E-state index is 6.14. The molecule has 1 unspecified atom stereocenters. The van der Waals surface area contributed by atoms with Gasteiger partial charge in [-0.1, -0.05) is 30.3 Å². The summed E-state index contributed by atoms with van der Waals surface area (Å²) in [6.07, 6.45) is 0.871. The van der Waals surface area contributed by atoms with Crippen LogP contribution in [0, 0.1) is 6.92 Å². The lowest BCUT2D eigenvalue weighted by molar-refractivity contribution is 0.0694. The van der Waals surface area contributed by atoms with Gasteiger partial charge in [0.15, 0.2) is 5.96 Å². The maximum atomic E-state index is 6.14. The molecule has 0 spiro atoms. The number of imidazole rings is 1. The molecule has 6 heteroatoms. The third kappa shape index (κ3) is 4.06. The number of aromatic nitrogens is 2. The monoisotopic (exact) mass is 391 g/mol. The molecule has 0 saturated heterocycles. The van der Waals surface area contributed by atoms with Crippen molar-refractivity contribution in [1.29, 1.82) is 0 Å². The number of nitrogens with one attached hydrogen (secondary N) is 2. The van der Waals surface area contributed by atoms with Gasteiger partial charge in [0.25, 0.3) is 0 Å². The Hall–Kier alpha value is -3.02. The van der Waals surface area contributed by atoms with Crippen LogP contribution in [0.15, 0.2) is 53.5 Å². The van der Waals surface area contributed by atoms with E-state index in [1.54, 1.807) is 0 Å². The number of para-hydroxylation sites is 3. The van der Waals surface area contributed by atoms with E-state index in [1.165, 1.54) is 5.56 Å². The third-order valence-corrected chi connectivity index (χ3v) is 5.38. The quantitative estimate of drug-likeness (QED) is 0.524.